The highest BCUT2D eigenvalue weighted by Gasteiger charge is 2.24. The van der Waals surface area contributed by atoms with Crippen LogP contribution in [0.25, 0.3) is 16.6 Å². The second kappa shape index (κ2) is 8.72. The van der Waals surface area contributed by atoms with E-state index < -0.39 is 0 Å². The number of furan rings is 1. The average Bonchev–Trinajstić information content (AvgIpc) is 3.28. The Morgan fingerprint density at radius 2 is 1.91 bits per heavy atom. The van der Waals surface area contributed by atoms with Crippen molar-refractivity contribution in [2.45, 2.75) is 19.9 Å². The third-order valence-electron chi connectivity index (χ3n) is 6.08. The van der Waals surface area contributed by atoms with Gasteiger partial charge in [-0.2, -0.15) is 4.98 Å². The van der Waals surface area contributed by atoms with E-state index in [2.05, 4.69) is 9.88 Å². The normalized spacial score (nSPS) is 17.5. The zero-order valence-electron chi connectivity index (χ0n) is 18.1. The number of nitrogens with zero attached hydrogens (tertiary/aromatic N) is 4. The number of benzene rings is 1. The van der Waals surface area contributed by atoms with Crippen LogP contribution in [0.5, 0.6) is 0 Å². The van der Waals surface area contributed by atoms with E-state index in [1.54, 1.807) is 17.0 Å². The molecule has 0 radical (unpaired) electrons. The van der Waals surface area contributed by atoms with Crippen molar-refractivity contribution in [1.82, 2.24) is 19.4 Å². The van der Waals surface area contributed by atoms with Gasteiger partial charge in [0.15, 0.2) is 5.76 Å². The Bertz CT molecular complexity index is 1240. The molecule has 0 aliphatic carbocycles. The van der Waals surface area contributed by atoms with Crippen LogP contribution in [-0.2, 0) is 11.3 Å². The number of morpholine rings is 1. The molecule has 32 heavy (non-hydrogen) atoms. The second-order valence-corrected chi connectivity index (χ2v) is 8.17. The summed E-state index contributed by atoms with van der Waals surface area (Å²) in [6.07, 6.45) is 2.70. The van der Waals surface area contributed by atoms with Gasteiger partial charge in [0.25, 0.3) is 11.5 Å². The summed E-state index contributed by atoms with van der Waals surface area (Å²) in [6.45, 7) is 6.79. The Hall–Kier alpha value is -3.23. The number of fused-ring (bicyclic) bond motifs is 1. The van der Waals surface area contributed by atoms with E-state index in [4.69, 9.17) is 9.15 Å². The molecule has 0 unspecified atom stereocenters. The number of amides is 1. The van der Waals surface area contributed by atoms with Gasteiger partial charge in [-0.3, -0.25) is 14.5 Å². The summed E-state index contributed by atoms with van der Waals surface area (Å²) in [7, 11) is 0. The number of carbonyl (C=O) groups is 1. The van der Waals surface area contributed by atoms with Gasteiger partial charge in [0.2, 0.25) is 0 Å². The van der Waals surface area contributed by atoms with Crippen molar-refractivity contribution >= 4 is 22.5 Å². The minimum Gasteiger partial charge on any atom is -0.455 e. The number of aromatic nitrogens is 2. The molecule has 0 spiro atoms. The molecule has 2 aliphatic rings. The first kappa shape index (κ1) is 20.7. The summed E-state index contributed by atoms with van der Waals surface area (Å²) in [4.78, 5) is 33.5. The van der Waals surface area contributed by atoms with Crippen molar-refractivity contribution in [2.24, 2.45) is 0 Å². The van der Waals surface area contributed by atoms with Gasteiger partial charge in [0, 0.05) is 38.3 Å². The molecule has 8 heteroatoms. The van der Waals surface area contributed by atoms with Crippen LogP contribution in [0.4, 0.5) is 0 Å². The molecular formula is C24H26N4O4. The Morgan fingerprint density at radius 1 is 1.09 bits per heavy atom. The number of rotatable bonds is 4. The molecule has 166 valence electrons. The van der Waals surface area contributed by atoms with Gasteiger partial charge in [-0.1, -0.05) is 12.1 Å². The van der Waals surface area contributed by atoms with E-state index in [-0.39, 0.29) is 11.5 Å². The van der Waals surface area contributed by atoms with Crippen molar-refractivity contribution in [3.8, 4) is 0 Å². The minimum absolute atomic E-state index is 0.104. The van der Waals surface area contributed by atoms with E-state index in [1.807, 2.05) is 41.8 Å². The maximum absolute atomic E-state index is 13.0. The standard InChI is InChI=1S/C24H26N4O4/c1-17-25-23(29)20-4-2-3-5-21(20)28(17)18-8-10-27(11-9-18)24(30)22-7-6-19(32-22)16-26-12-14-31-15-13-26/h2-8H,9-16H2,1H3. The summed E-state index contributed by atoms with van der Waals surface area (Å²) in [5.41, 5.74) is 1.67. The van der Waals surface area contributed by atoms with Crippen LogP contribution in [0.1, 0.15) is 28.6 Å². The minimum atomic E-state index is -0.215. The SMILES string of the molecule is Cc1nc(=O)c2ccccc2n1C1=CCN(C(=O)c2ccc(CN3CCOCC3)o2)CC1. The van der Waals surface area contributed by atoms with Crippen LogP contribution >= 0.6 is 0 Å². The molecule has 0 bridgehead atoms. The number of hydrogen-bond acceptors (Lipinski definition) is 6. The first-order valence-corrected chi connectivity index (χ1v) is 11.0. The monoisotopic (exact) mass is 434 g/mol. The molecule has 0 N–H and O–H groups in total. The Kier molecular flexibility index (Phi) is 5.63. The van der Waals surface area contributed by atoms with Crippen molar-refractivity contribution in [1.29, 1.82) is 0 Å². The van der Waals surface area contributed by atoms with Gasteiger partial charge in [0.1, 0.15) is 11.6 Å². The molecule has 2 aromatic heterocycles. The highest BCUT2D eigenvalue weighted by atomic mass is 16.5. The Morgan fingerprint density at radius 3 is 2.69 bits per heavy atom. The van der Waals surface area contributed by atoms with E-state index in [0.29, 0.717) is 43.0 Å². The lowest BCUT2D eigenvalue weighted by atomic mass is 10.1. The highest BCUT2D eigenvalue weighted by molar-refractivity contribution is 5.92. The molecule has 1 fully saturated rings. The Labute approximate surface area is 185 Å². The molecule has 1 aromatic carbocycles. The maximum atomic E-state index is 13.0. The fourth-order valence-corrected chi connectivity index (χ4v) is 4.40. The smallest absolute Gasteiger partial charge is 0.289 e. The molecule has 8 nitrogen and oxygen atoms in total. The predicted molar refractivity (Wildman–Crippen MR) is 120 cm³/mol. The van der Waals surface area contributed by atoms with Crippen LogP contribution in [0.15, 0.2) is 51.7 Å². The largest absolute Gasteiger partial charge is 0.455 e. The van der Waals surface area contributed by atoms with Crippen molar-refractivity contribution in [3.05, 3.63) is 70.2 Å². The molecule has 0 atom stereocenters. The van der Waals surface area contributed by atoms with Crippen LogP contribution in [-0.4, -0.2) is 64.7 Å². The lowest BCUT2D eigenvalue weighted by Gasteiger charge is -2.28. The fourth-order valence-electron chi connectivity index (χ4n) is 4.40. The average molecular weight is 434 g/mol. The first-order chi connectivity index (χ1) is 15.6. The molecule has 1 amide bonds. The molecule has 1 saturated heterocycles. The summed E-state index contributed by atoms with van der Waals surface area (Å²) in [5, 5.41) is 0.598. The van der Waals surface area contributed by atoms with E-state index in [9.17, 15) is 9.59 Å². The predicted octanol–water partition coefficient (Wildman–Crippen LogP) is 2.52. The van der Waals surface area contributed by atoms with E-state index in [0.717, 1.165) is 43.3 Å². The van der Waals surface area contributed by atoms with Gasteiger partial charge in [0.05, 0.1) is 30.7 Å². The number of aryl methyl sites for hydroxylation is 1. The van der Waals surface area contributed by atoms with Crippen LogP contribution in [0, 0.1) is 6.92 Å². The zero-order valence-corrected chi connectivity index (χ0v) is 18.1. The second-order valence-electron chi connectivity index (χ2n) is 8.17. The topological polar surface area (TPSA) is 80.8 Å². The van der Waals surface area contributed by atoms with E-state index in [1.165, 1.54) is 0 Å². The molecule has 4 heterocycles. The van der Waals surface area contributed by atoms with Crippen LogP contribution in [0.2, 0.25) is 0 Å². The van der Waals surface area contributed by atoms with Gasteiger partial charge in [-0.15, -0.1) is 0 Å². The third-order valence-corrected chi connectivity index (χ3v) is 6.08. The Balaban J connectivity index is 1.31. The van der Waals surface area contributed by atoms with Gasteiger partial charge in [-0.05, 0) is 37.3 Å². The fraction of sp³-hybridized carbons (Fsp3) is 0.375. The summed E-state index contributed by atoms with van der Waals surface area (Å²) in [6, 6.07) is 11.1. The van der Waals surface area contributed by atoms with Crippen molar-refractivity contribution in [2.75, 3.05) is 39.4 Å². The molecular weight excluding hydrogens is 408 g/mol. The lowest BCUT2D eigenvalue weighted by Crippen LogP contribution is -2.36. The van der Waals surface area contributed by atoms with Gasteiger partial charge < -0.3 is 18.6 Å². The quantitative estimate of drug-likeness (QED) is 0.628. The van der Waals surface area contributed by atoms with Crippen molar-refractivity contribution < 1.29 is 13.9 Å². The molecule has 0 saturated carbocycles. The number of carbonyl (C=O) groups excluding carboxylic acids is 1. The summed E-state index contributed by atoms with van der Waals surface area (Å²) < 4.78 is 13.3. The van der Waals surface area contributed by atoms with Crippen LogP contribution < -0.4 is 5.56 Å². The number of para-hydroxylation sites is 1. The summed E-state index contributed by atoms with van der Waals surface area (Å²) in [5.74, 6) is 1.72. The lowest BCUT2D eigenvalue weighted by molar-refractivity contribution is 0.0310. The highest BCUT2D eigenvalue weighted by Crippen LogP contribution is 2.23. The van der Waals surface area contributed by atoms with Gasteiger partial charge >= 0.3 is 0 Å². The van der Waals surface area contributed by atoms with E-state index >= 15 is 0 Å². The molecule has 2 aliphatic heterocycles. The summed E-state index contributed by atoms with van der Waals surface area (Å²) >= 11 is 0. The first-order valence-electron chi connectivity index (χ1n) is 11.0. The maximum Gasteiger partial charge on any atom is 0.289 e. The van der Waals surface area contributed by atoms with Crippen molar-refractivity contribution in [3.63, 3.8) is 0 Å². The van der Waals surface area contributed by atoms with Gasteiger partial charge in [-0.25, -0.2) is 0 Å². The molecule has 5 rings (SSSR count). The number of hydrogen-bond donors (Lipinski definition) is 0. The third kappa shape index (κ3) is 3.99. The zero-order chi connectivity index (χ0) is 22.1. The van der Waals surface area contributed by atoms with Crippen LogP contribution in [0.3, 0.4) is 0 Å². The number of ether oxygens (including phenoxy) is 1. The molecule has 3 aromatic rings.